The third-order valence-corrected chi connectivity index (χ3v) is 3.92. The molecule has 2 heterocycles. The van der Waals surface area contributed by atoms with E-state index in [2.05, 4.69) is 26.9 Å². The lowest BCUT2D eigenvalue weighted by Gasteiger charge is -2.34. The van der Waals surface area contributed by atoms with E-state index in [4.69, 9.17) is 10.00 Å². The van der Waals surface area contributed by atoms with Gasteiger partial charge in [-0.15, -0.1) is 0 Å². The molecule has 5 heteroatoms. The zero-order valence-corrected chi connectivity index (χ0v) is 12.1. The Morgan fingerprint density at radius 2 is 2.05 bits per heavy atom. The monoisotopic (exact) mass is 282 g/mol. The van der Waals surface area contributed by atoms with Gasteiger partial charge in [0.15, 0.2) is 0 Å². The van der Waals surface area contributed by atoms with Crippen LogP contribution in [0.25, 0.3) is 10.8 Å². The van der Waals surface area contributed by atoms with E-state index in [0.717, 1.165) is 48.5 Å². The van der Waals surface area contributed by atoms with E-state index in [9.17, 15) is 0 Å². The molecule has 0 saturated carbocycles. The second-order valence-corrected chi connectivity index (χ2v) is 5.14. The van der Waals surface area contributed by atoms with Gasteiger partial charge in [0.25, 0.3) is 0 Å². The number of hydrogen-bond acceptors (Lipinski definition) is 5. The highest BCUT2D eigenvalue weighted by molar-refractivity contribution is 5.93. The van der Waals surface area contributed by atoms with E-state index in [0.29, 0.717) is 6.54 Å². The van der Waals surface area contributed by atoms with Crippen molar-refractivity contribution in [2.24, 2.45) is 0 Å². The molecule has 1 saturated heterocycles. The van der Waals surface area contributed by atoms with Gasteiger partial charge in [0.2, 0.25) is 0 Å². The Hall–Kier alpha value is -2.32. The summed E-state index contributed by atoms with van der Waals surface area (Å²) >= 11 is 0. The number of hydrogen-bond donors (Lipinski definition) is 0. The average molecular weight is 282 g/mol. The summed E-state index contributed by atoms with van der Waals surface area (Å²) in [5.41, 5.74) is 0. The summed E-state index contributed by atoms with van der Waals surface area (Å²) in [5.74, 6) is 1.88. The fraction of sp³-hybridized carbons (Fsp3) is 0.375. The molecule has 0 atom stereocenters. The van der Waals surface area contributed by atoms with Crippen molar-refractivity contribution in [3.8, 4) is 11.8 Å². The molecule has 0 bridgehead atoms. The number of rotatable bonds is 3. The summed E-state index contributed by atoms with van der Waals surface area (Å²) in [6, 6.07) is 10.3. The molecule has 1 aliphatic rings. The second-order valence-electron chi connectivity index (χ2n) is 5.14. The van der Waals surface area contributed by atoms with Crippen LogP contribution in [-0.2, 0) is 0 Å². The first kappa shape index (κ1) is 13.7. The van der Waals surface area contributed by atoms with Crippen LogP contribution in [-0.4, -0.2) is 49.7 Å². The lowest BCUT2D eigenvalue weighted by molar-refractivity contribution is 0.286. The van der Waals surface area contributed by atoms with E-state index >= 15 is 0 Å². The maximum atomic E-state index is 8.76. The van der Waals surface area contributed by atoms with Crippen LogP contribution in [0.2, 0.25) is 0 Å². The summed E-state index contributed by atoms with van der Waals surface area (Å²) in [6.07, 6.45) is 1.85. The van der Waals surface area contributed by atoms with Gasteiger partial charge in [-0.3, -0.25) is 4.90 Å². The van der Waals surface area contributed by atoms with Crippen molar-refractivity contribution in [2.45, 2.75) is 0 Å². The van der Waals surface area contributed by atoms with Gasteiger partial charge in [-0.05, 0) is 29.7 Å². The number of benzene rings is 1. The Morgan fingerprint density at radius 3 is 2.76 bits per heavy atom. The lowest BCUT2D eigenvalue weighted by atomic mass is 10.1. The number of anilines is 1. The summed E-state index contributed by atoms with van der Waals surface area (Å²) in [7, 11) is 1.68. The summed E-state index contributed by atoms with van der Waals surface area (Å²) < 4.78 is 5.28. The maximum Gasteiger partial charge on any atom is 0.136 e. The van der Waals surface area contributed by atoms with E-state index < -0.39 is 0 Å². The largest absolute Gasteiger partial charge is 0.497 e. The van der Waals surface area contributed by atoms with Gasteiger partial charge in [0.1, 0.15) is 11.6 Å². The molecule has 0 aliphatic carbocycles. The van der Waals surface area contributed by atoms with Gasteiger partial charge in [0.05, 0.1) is 19.7 Å². The predicted molar refractivity (Wildman–Crippen MR) is 82.6 cm³/mol. The Labute approximate surface area is 124 Å². The number of methoxy groups -OCH3 is 1. The molecule has 1 aromatic carbocycles. The molecular weight excluding hydrogens is 264 g/mol. The molecule has 0 spiro atoms. The standard InChI is InChI=1S/C16H18N4O/c1-21-14-2-3-15-13(12-14)4-6-18-16(15)20-10-8-19(7-5-17)9-11-20/h2-4,6,12H,7-11H2,1H3. The summed E-state index contributed by atoms with van der Waals surface area (Å²) in [5, 5.41) is 11.0. The molecule has 1 aromatic heterocycles. The fourth-order valence-corrected chi connectivity index (χ4v) is 2.74. The lowest BCUT2D eigenvalue weighted by Crippen LogP contribution is -2.46. The van der Waals surface area contributed by atoms with Crippen molar-refractivity contribution in [2.75, 3.05) is 44.7 Å². The van der Waals surface area contributed by atoms with Crippen molar-refractivity contribution >= 4 is 16.6 Å². The molecular formula is C16H18N4O. The van der Waals surface area contributed by atoms with Crippen LogP contribution in [0.5, 0.6) is 5.75 Å². The normalized spacial score (nSPS) is 15.9. The molecule has 0 amide bonds. The molecule has 1 aliphatic heterocycles. The van der Waals surface area contributed by atoms with Crippen molar-refractivity contribution in [1.29, 1.82) is 5.26 Å². The Morgan fingerprint density at radius 1 is 1.24 bits per heavy atom. The third kappa shape index (κ3) is 2.76. The minimum atomic E-state index is 0.508. The number of ether oxygens (including phenoxy) is 1. The van der Waals surface area contributed by atoms with Crippen molar-refractivity contribution in [3.63, 3.8) is 0 Å². The molecule has 0 unspecified atom stereocenters. The number of fused-ring (bicyclic) bond motifs is 1. The average Bonchev–Trinajstić information content (AvgIpc) is 2.55. The van der Waals surface area contributed by atoms with Crippen LogP contribution in [0, 0.1) is 11.3 Å². The quantitative estimate of drug-likeness (QED) is 0.805. The molecule has 5 nitrogen and oxygen atoms in total. The van der Waals surface area contributed by atoms with Crippen molar-refractivity contribution < 1.29 is 4.74 Å². The van der Waals surface area contributed by atoms with Crippen LogP contribution < -0.4 is 9.64 Å². The Bertz CT molecular complexity index is 672. The summed E-state index contributed by atoms with van der Waals surface area (Å²) in [6.45, 7) is 4.12. The number of nitriles is 1. The number of aromatic nitrogens is 1. The third-order valence-electron chi connectivity index (χ3n) is 3.92. The molecule has 1 fully saturated rings. The smallest absolute Gasteiger partial charge is 0.136 e. The molecule has 108 valence electrons. The van der Waals surface area contributed by atoms with Gasteiger partial charge in [0, 0.05) is 37.8 Å². The molecule has 21 heavy (non-hydrogen) atoms. The Balaban J connectivity index is 1.86. The summed E-state index contributed by atoms with van der Waals surface area (Å²) in [4.78, 5) is 9.02. The number of pyridine rings is 1. The molecule has 3 rings (SSSR count). The van der Waals surface area contributed by atoms with E-state index in [1.165, 1.54) is 0 Å². The first-order chi connectivity index (χ1) is 10.3. The second kappa shape index (κ2) is 5.98. The highest BCUT2D eigenvalue weighted by Gasteiger charge is 2.19. The van der Waals surface area contributed by atoms with Crippen LogP contribution in [0.1, 0.15) is 0 Å². The number of nitrogens with zero attached hydrogens (tertiary/aromatic N) is 4. The van der Waals surface area contributed by atoms with Crippen LogP contribution in [0.15, 0.2) is 30.5 Å². The Kier molecular flexibility index (Phi) is 3.89. The minimum Gasteiger partial charge on any atom is -0.497 e. The first-order valence-corrected chi connectivity index (χ1v) is 7.09. The highest BCUT2D eigenvalue weighted by atomic mass is 16.5. The zero-order valence-electron chi connectivity index (χ0n) is 12.1. The van der Waals surface area contributed by atoms with Gasteiger partial charge < -0.3 is 9.64 Å². The zero-order chi connectivity index (χ0) is 14.7. The molecule has 0 N–H and O–H groups in total. The van der Waals surface area contributed by atoms with Gasteiger partial charge in [-0.25, -0.2) is 4.98 Å². The van der Waals surface area contributed by atoms with E-state index in [1.807, 2.05) is 24.4 Å². The molecule has 0 radical (unpaired) electrons. The number of piperazine rings is 1. The maximum absolute atomic E-state index is 8.76. The van der Waals surface area contributed by atoms with Crippen LogP contribution in [0.3, 0.4) is 0 Å². The van der Waals surface area contributed by atoms with Gasteiger partial charge >= 0.3 is 0 Å². The fourth-order valence-electron chi connectivity index (χ4n) is 2.74. The van der Waals surface area contributed by atoms with E-state index in [1.54, 1.807) is 7.11 Å². The van der Waals surface area contributed by atoms with Crippen molar-refractivity contribution in [3.05, 3.63) is 30.5 Å². The minimum absolute atomic E-state index is 0.508. The van der Waals surface area contributed by atoms with Crippen LogP contribution >= 0.6 is 0 Å². The first-order valence-electron chi connectivity index (χ1n) is 7.09. The van der Waals surface area contributed by atoms with Gasteiger partial charge in [-0.2, -0.15) is 5.26 Å². The van der Waals surface area contributed by atoms with E-state index in [-0.39, 0.29) is 0 Å². The highest BCUT2D eigenvalue weighted by Crippen LogP contribution is 2.28. The topological polar surface area (TPSA) is 52.4 Å². The predicted octanol–water partition coefficient (Wildman–Crippen LogP) is 1.89. The van der Waals surface area contributed by atoms with Gasteiger partial charge in [-0.1, -0.05) is 0 Å². The van der Waals surface area contributed by atoms with Crippen LogP contribution in [0.4, 0.5) is 5.82 Å². The van der Waals surface area contributed by atoms with Crippen molar-refractivity contribution in [1.82, 2.24) is 9.88 Å². The SMILES string of the molecule is COc1ccc2c(N3CCN(CC#N)CC3)nccc2c1. The molecule has 2 aromatic rings.